The van der Waals surface area contributed by atoms with Crippen molar-refractivity contribution in [2.75, 3.05) is 47.0 Å². The van der Waals surface area contributed by atoms with Gasteiger partial charge in [0.1, 0.15) is 18.1 Å². The lowest BCUT2D eigenvalue weighted by molar-refractivity contribution is 0.146. The zero-order valence-electron chi connectivity index (χ0n) is 21.5. The number of rotatable bonds is 7. The van der Waals surface area contributed by atoms with Gasteiger partial charge in [-0.15, -0.1) is 11.3 Å². The molecule has 1 atom stereocenters. The summed E-state index contributed by atoms with van der Waals surface area (Å²) in [6.45, 7) is 7.78. The SMILES string of the molecule is COc1ccc(CN2CCOc3c(cc(-c4ccc(C)s4)cc3OC[C@H]3CCCN(C)C3)C2)c(O)c1. The molecule has 1 aromatic heterocycles. The summed E-state index contributed by atoms with van der Waals surface area (Å²) in [6, 6.07) is 14.2. The molecule has 1 saturated heterocycles. The first-order chi connectivity index (χ1) is 17.5. The molecule has 3 aromatic rings. The summed E-state index contributed by atoms with van der Waals surface area (Å²) in [5.41, 5.74) is 3.17. The fourth-order valence-electron chi connectivity index (χ4n) is 5.17. The van der Waals surface area contributed by atoms with E-state index in [0.29, 0.717) is 31.4 Å². The molecule has 5 rings (SSSR count). The van der Waals surface area contributed by atoms with Gasteiger partial charge in [0, 0.05) is 59.0 Å². The number of benzene rings is 2. The monoisotopic (exact) mass is 508 g/mol. The topological polar surface area (TPSA) is 54.4 Å². The maximum absolute atomic E-state index is 10.5. The standard InChI is InChI=1S/C29H36N2O4S/c1-20-6-9-28(36-20)23-13-24-18-31(17-22-7-8-25(33-3)15-26(22)32)11-12-34-29(24)27(14-23)35-19-21-5-4-10-30(2)16-21/h6-9,13-15,21,32H,4-5,10-12,16-19H2,1-3H3/t21-/m0/s1. The van der Waals surface area contributed by atoms with Crippen LogP contribution in [0.5, 0.6) is 23.0 Å². The van der Waals surface area contributed by atoms with E-state index in [-0.39, 0.29) is 5.75 Å². The van der Waals surface area contributed by atoms with Gasteiger partial charge in [-0.05, 0) is 69.3 Å². The number of aromatic hydroxyl groups is 1. The normalized spacial score (nSPS) is 18.8. The number of likely N-dealkylation sites (tertiary alicyclic amines) is 1. The molecule has 6 nitrogen and oxygen atoms in total. The van der Waals surface area contributed by atoms with E-state index in [1.54, 1.807) is 24.5 Å². The highest BCUT2D eigenvalue weighted by Crippen LogP contribution is 2.41. The molecule has 0 aliphatic carbocycles. The van der Waals surface area contributed by atoms with E-state index in [2.05, 4.69) is 48.0 Å². The number of hydrogen-bond acceptors (Lipinski definition) is 7. The molecule has 0 radical (unpaired) electrons. The third kappa shape index (κ3) is 5.80. The summed E-state index contributed by atoms with van der Waals surface area (Å²) in [5.74, 6) is 3.15. The Morgan fingerprint density at radius 2 is 2.03 bits per heavy atom. The van der Waals surface area contributed by atoms with Crippen LogP contribution in [-0.4, -0.2) is 61.9 Å². The largest absolute Gasteiger partial charge is 0.507 e. The number of phenolic OH excluding ortho intramolecular Hbond substituents is 1. The quantitative estimate of drug-likeness (QED) is 0.451. The Labute approximate surface area is 218 Å². The van der Waals surface area contributed by atoms with Crippen LogP contribution < -0.4 is 14.2 Å². The van der Waals surface area contributed by atoms with Crippen LogP contribution >= 0.6 is 11.3 Å². The molecule has 0 amide bonds. The third-order valence-corrected chi connectivity index (χ3v) is 8.14. The number of ether oxygens (including phenoxy) is 3. The number of phenols is 1. The van der Waals surface area contributed by atoms with Gasteiger partial charge in [-0.1, -0.05) is 6.07 Å². The van der Waals surface area contributed by atoms with Crippen LogP contribution in [0.15, 0.2) is 42.5 Å². The van der Waals surface area contributed by atoms with Crippen molar-refractivity contribution < 1.29 is 19.3 Å². The van der Waals surface area contributed by atoms with Gasteiger partial charge in [0.05, 0.1) is 13.7 Å². The van der Waals surface area contributed by atoms with Gasteiger partial charge in [-0.3, -0.25) is 4.90 Å². The number of hydrogen-bond donors (Lipinski definition) is 1. The van der Waals surface area contributed by atoms with Gasteiger partial charge in [-0.25, -0.2) is 0 Å². The van der Waals surface area contributed by atoms with Gasteiger partial charge in [0.15, 0.2) is 11.5 Å². The summed E-state index contributed by atoms with van der Waals surface area (Å²) < 4.78 is 18.1. The Hall–Kier alpha value is -2.74. The van der Waals surface area contributed by atoms with Crippen molar-refractivity contribution in [1.82, 2.24) is 9.80 Å². The third-order valence-electron chi connectivity index (χ3n) is 7.09. The van der Waals surface area contributed by atoms with Gasteiger partial charge >= 0.3 is 0 Å². The van der Waals surface area contributed by atoms with Gasteiger partial charge < -0.3 is 24.2 Å². The molecule has 0 spiro atoms. The van der Waals surface area contributed by atoms with Crippen LogP contribution in [0.25, 0.3) is 10.4 Å². The van der Waals surface area contributed by atoms with E-state index < -0.39 is 0 Å². The second-order valence-corrected chi connectivity index (χ2v) is 11.3. The summed E-state index contributed by atoms with van der Waals surface area (Å²) >= 11 is 1.80. The molecule has 1 fully saturated rings. The predicted octanol–water partition coefficient (Wildman–Crippen LogP) is 5.55. The lowest BCUT2D eigenvalue weighted by Gasteiger charge is -2.29. The minimum absolute atomic E-state index is 0.254. The molecule has 2 aliphatic rings. The lowest BCUT2D eigenvalue weighted by atomic mass is 9.99. The van der Waals surface area contributed by atoms with Crippen molar-refractivity contribution in [3.05, 3.63) is 58.5 Å². The summed E-state index contributed by atoms with van der Waals surface area (Å²) in [6.07, 6.45) is 2.43. The molecule has 36 heavy (non-hydrogen) atoms. The van der Waals surface area contributed by atoms with Crippen LogP contribution in [0, 0.1) is 12.8 Å². The molecule has 0 saturated carbocycles. The Balaban J connectivity index is 1.41. The molecule has 2 aromatic carbocycles. The first kappa shape index (κ1) is 24.9. The van der Waals surface area contributed by atoms with E-state index in [9.17, 15) is 5.11 Å². The van der Waals surface area contributed by atoms with Gasteiger partial charge in [0.2, 0.25) is 0 Å². The molecule has 2 aliphatic heterocycles. The maximum Gasteiger partial charge on any atom is 0.165 e. The minimum atomic E-state index is 0.254. The highest BCUT2D eigenvalue weighted by molar-refractivity contribution is 7.15. The maximum atomic E-state index is 10.5. The Kier molecular flexibility index (Phi) is 7.70. The number of methoxy groups -OCH3 is 1. The van der Waals surface area contributed by atoms with Crippen molar-refractivity contribution in [3.63, 3.8) is 0 Å². The number of aryl methyl sites for hydroxylation is 1. The zero-order valence-corrected chi connectivity index (χ0v) is 22.3. The van der Waals surface area contributed by atoms with Crippen molar-refractivity contribution in [1.29, 1.82) is 0 Å². The fraction of sp³-hybridized carbons (Fsp3) is 0.448. The molecule has 3 heterocycles. The van der Waals surface area contributed by atoms with Crippen LogP contribution in [0.3, 0.4) is 0 Å². The zero-order chi connectivity index (χ0) is 25.1. The molecule has 0 unspecified atom stereocenters. The van der Waals surface area contributed by atoms with Crippen molar-refractivity contribution >= 4 is 11.3 Å². The molecule has 1 N–H and O–H groups in total. The average molecular weight is 509 g/mol. The van der Waals surface area contributed by atoms with Crippen LogP contribution in [0.4, 0.5) is 0 Å². The highest BCUT2D eigenvalue weighted by atomic mass is 32.1. The van der Waals surface area contributed by atoms with E-state index in [1.807, 2.05) is 12.1 Å². The Morgan fingerprint density at radius 1 is 1.14 bits per heavy atom. The van der Waals surface area contributed by atoms with Gasteiger partial charge in [0.25, 0.3) is 0 Å². The smallest absolute Gasteiger partial charge is 0.165 e. The number of piperidine rings is 1. The molecular weight excluding hydrogens is 472 g/mol. The van der Waals surface area contributed by atoms with Crippen molar-refractivity contribution in [3.8, 4) is 33.4 Å². The highest BCUT2D eigenvalue weighted by Gasteiger charge is 2.24. The second kappa shape index (κ2) is 11.1. The second-order valence-electron chi connectivity index (χ2n) is 10.0. The first-order valence-electron chi connectivity index (χ1n) is 12.7. The van der Waals surface area contributed by atoms with Crippen LogP contribution in [0.1, 0.15) is 28.8 Å². The van der Waals surface area contributed by atoms with E-state index in [0.717, 1.165) is 42.3 Å². The number of fused-ring (bicyclic) bond motifs is 1. The Bertz CT molecular complexity index is 1190. The predicted molar refractivity (Wildman–Crippen MR) is 144 cm³/mol. The first-order valence-corrected chi connectivity index (χ1v) is 13.6. The fourth-order valence-corrected chi connectivity index (χ4v) is 6.03. The average Bonchev–Trinajstić information content (AvgIpc) is 3.20. The number of nitrogens with zero attached hydrogens (tertiary/aromatic N) is 2. The summed E-state index contributed by atoms with van der Waals surface area (Å²) in [7, 11) is 3.80. The lowest BCUT2D eigenvalue weighted by Crippen LogP contribution is -2.34. The van der Waals surface area contributed by atoms with Crippen LogP contribution in [-0.2, 0) is 13.1 Å². The molecule has 7 heteroatoms. The van der Waals surface area contributed by atoms with E-state index in [4.69, 9.17) is 14.2 Å². The molecule has 0 bridgehead atoms. The summed E-state index contributed by atoms with van der Waals surface area (Å²) in [5, 5.41) is 10.5. The van der Waals surface area contributed by atoms with Crippen molar-refractivity contribution in [2.45, 2.75) is 32.9 Å². The van der Waals surface area contributed by atoms with E-state index in [1.165, 1.54) is 34.7 Å². The van der Waals surface area contributed by atoms with Crippen molar-refractivity contribution in [2.24, 2.45) is 5.92 Å². The molecular formula is C29H36N2O4S. The Morgan fingerprint density at radius 3 is 2.78 bits per heavy atom. The number of thiophene rings is 1. The van der Waals surface area contributed by atoms with E-state index >= 15 is 0 Å². The van der Waals surface area contributed by atoms with Crippen LogP contribution in [0.2, 0.25) is 0 Å². The molecule has 192 valence electrons. The summed E-state index contributed by atoms with van der Waals surface area (Å²) in [4.78, 5) is 7.24. The minimum Gasteiger partial charge on any atom is -0.507 e. The van der Waals surface area contributed by atoms with Gasteiger partial charge in [-0.2, -0.15) is 0 Å².